The van der Waals surface area contributed by atoms with E-state index in [4.69, 9.17) is 15.3 Å². The second-order valence-corrected chi connectivity index (χ2v) is 1.91. The van der Waals surface area contributed by atoms with Gasteiger partial charge in [-0.1, -0.05) is 6.92 Å². The van der Waals surface area contributed by atoms with Crippen molar-refractivity contribution in [2.24, 2.45) is 5.92 Å². The molecule has 0 heterocycles. The second-order valence-electron chi connectivity index (χ2n) is 1.91. The Bertz CT molecular complexity index is 47.6. The Labute approximate surface area is 48.6 Å². The van der Waals surface area contributed by atoms with Gasteiger partial charge in [0.2, 0.25) is 0 Å². The summed E-state index contributed by atoms with van der Waals surface area (Å²) in [5.41, 5.74) is 0. The zero-order chi connectivity index (χ0) is 6.57. The molecule has 0 aromatic heterocycles. The van der Waals surface area contributed by atoms with Gasteiger partial charge in [-0.05, 0) is 0 Å². The summed E-state index contributed by atoms with van der Waals surface area (Å²) >= 11 is 0. The first-order valence-electron chi connectivity index (χ1n) is 2.62. The third-order valence-corrected chi connectivity index (χ3v) is 1.13. The molecule has 0 aromatic rings. The number of hydrogen-bond donors (Lipinski definition) is 3. The molecule has 0 saturated carbocycles. The molecule has 0 rings (SSSR count). The van der Waals surface area contributed by atoms with Crippen LogP contribution in [0.4, 0.5) is 0 Å². The number of aliphatic hydroxyl groups excluding tert-OH is 3. The highest BCUT2D eigenvalue weighted by Crippen LogP contribution is 1.98. The molecule has 0 amide bonds. The van der Waals surface area contributed by atoms with E-state index in [1.165, 1.54) is 0 Å². The highest BCUT2D eigenvalue weighted by molar-refractivity contribution is 4.59. The molecule has 3 heteroatoms. The number of aliphatic hydroxyl groups is 3. The van der Waals surface area contributed by atoms with Crippen LogP contribution in [0.15, 0.2) is 0 Å². The molecule has 0 fully saturated rings. The Morgan fingerprint density at radius 1 is 1.25 bits per heavy atom. The van der Waals surface area contributed by atoms with Crippen molar-refractivity contribution in [3.63, 3.8) is 0 Å². The van der Waals surface area contributed by atoms with Gasteiger partial charge in [0.05, 0.1) is 12.7 Å². The molecule has 0 aromatic carbocycles. The molecule has 0 saturated heterocycles. The molecule has 0 spiro atoms. The van der Waals surface area contributed by atoms with Gasteiger partial charge in [-0.15, -0.1) is 0 Å². The Morgan fingerprint density at radius 3 is 1.88 bits per heavy atom. The maximum atomic E-state index is 8.72. The molecular formula is C5H12O3. The van der Waals surface area contributed by atoms with Gasteiger partial charge in [0, 0.05) is 12.5 Å². The third kappa shape index (κ3) is 2.26. The van der Waals surface area contributed by atoms with Crippen LogP contribution in [-0.2, 0) is 0 Å². The first kappa shape index (κ1) is 7.88. The second kappa shape index (κ2) is 3.83. The van der Waals surface area contributed by atoms with Crippen LogP contribution in [-0.4, -0.2) is 34.6 Å². The van der Waals surface area contributed by atoms with Crippen molar-refractivity contribution in [2.75, 3.05) is 13.2 Å². The number of hydrogen-bond acceptors (Lipinski definition) is 3. The normalized spacial score (nSPS) is 18.0. The zero-order valence-electron chi connectivity index (χ0n) is 4.91. The van der Waals surface area contributed by atoms with E-state index < -0.39 is 6.10 Å². The lowest BCUT2D eigenvalue weighted by Crippen LogP contribution is -2.24. The maximum Gasteiger partial charge on any atom is 0.0818 e. The van der Waals surface area contributed by atoms with E-state index in [0.29, 0.717) is 0 Å². The van der Waals surface area contributed by atoms with Crippen LogP contribution in [0.5, 0.6) is 0 Å². The first-order valence-corrected chi connectivity index (χ1v) is 2.62. The van der Waals surface area contributed by atoms with Crippen LogP contribution < -0.4 is 0 Å². The third-order valence-electron chi connectivity index (χ3n) is 1.13. The van der Waals surface area contributed by atoms with Crippen molar-refractivity contribution in [1.82, 2.24) is 0 Å². The molecule has 0 bridgehead atoms. The topological polar surface area (TPSA) is 60.7 Å². The SMILES string of the molecule is C[C@@H](CO)[C@@H](O)CO. The van der Waals surface area contributed by atoms with Gasteiger partial charge in [-0.2, -0.15) is 0 Å². The molecular weight excluding hydrogens is 108 g/mol. The van der Waals surface area contributed by atoms with E-state index in [-0.39, 0.29) is 19.1 Å². The molecule has 2 atom stereocenters. The minimum atomic E-state index is -0.778. The fourth-order valence-electron chi connectivity index (χ4n) is 0.302. The molecule has 3 nitrogen and oxygen atoms in total. The van der Waals surface area contributed by atoms with Crippen LogP contribution >= 0.6 is 0 Å². The van der Waals surface area contributed by atoms with Crippen molar-refractivity contribution >= 4 is 0 Å². The van der Waals surface area contributed by atoms with Gasteiger partial charge in [-0.25, -0.2) is 0 Å². The Hall–Kier alpha value is -0.120. The molecule has 50 valence electrons. The Kier molecular flexibility index (Phi) is 3.77. The van der Waals surface area contributed by atoms with Crippen molar-refractivity contribution < 1.29 is 15.3 Å². The van der Waals surface area contributed by atoms with Gasteiger partial charge < -0.3 is 15.3 Å². The van der Waals surface area contributed by atoms with E-state index in [2.05, 4.69) is 0 Å². The average Bonchev–Trinajstić information content (AvgIpc) is 1.84. The lowest BCUT2D eigenvalue weighted by molar-refractivity contribution is 0.0302. The van der Waals surface area contributed by atoms with Gasteiger partial charge in [-0.3, -0.25) is 0 Å². The molecule has 8 heavy (non-hydrogen) atoms. The average molecular weight is 120 g/mol. The summed E-state index contributed by atoms with van der Waals surface area (Å²) in [7, 11) is 0. The van der Waals surface area contributed by atoms with E-state index >= 15 is 0 Å². The summed E-state index contributed by atoms with van der Waals surface area (Å²) in [6, 6.07) is 0. The van der Waals surface area contributed by atoms with Crippen LogP contribution in [0.1, 0.15) is 6.92 Å². The van der Waals surface area contributed by atoms with E-state index in [1.54, 1.807) is 6.92 Å². The molecule has 0 unspecified atom stereocenters. The highest BCUT2D eigenvalue weighted by atomic mass is 16.3. The Morgan fingerprint density at radius 2 is 1.75 bits per heavy atom. The van der Waals surface area contributed by atoms with Gasteiger partial charge in [0.1, 0.15) is 0 Å². The highest BCUT2D eigenvalue weighted by Gasteiger charge is 2.10. The summed E-state index contributed by atoms with van der Waals surface area (Å²) in [5, 5.41) is 25.4. The minimum Gasteiger partial charge on any atom is -0.396 e. The van der Waals surface area contributed by atoms with Crippen molar-refractivity contribution in [1.29, 1.82) is 0 Å². The smallest absolute Gasteiger partial charge is 0.0818 e. The van der Waals surface area contributed by atoms with Crippen LogP contribution in [0.3, 0.4) is 0 Å². The number of rotatable bonds is 3. The predicted molar refractivity (Wildman–Crippen MR) is 29.3 cm³/mol. The maximum absolute atomic E-state index is 8.72. The van der Waals surface area contributed by atoms with Crippen molar-refractivity contribution in [2.45, 2.75) is 13.0 Å². The van der Waals surface area contributed by atoms with E-state index in [9.17, 15) is 0 Å². The van der Waals surface area contributed by atoms with E-state index in [1.807, 2.05) is 0 Å². The van der Waals surface area contributed by atoms with Gasteiger partial charge in [0.25, 0.3) is 0 Å². The minimum absolute atomic E-state index is 0.0816. The standard InChI is InChI=1S/C5H12O3/c1-4(2-6)5(8)3-7/h4-8H,2-3H2,1H3/t4-,5-/m0/s1. The van der Waals surface area contributed by atoms with Crippen LogP contribution in [0.25, 0.3) is 0 Å². The predicted octanol–water partition coefficient (Wildman–Crippen LogP) is -1.03. The van der Waals surface area contributed by atoms with Crippen LogP contribution in [0.2, 0.25) is 0 Å². The van der Waals surface area contributed by atoms with E-state index in [0.717, 1.165) is 0 Å². The van der Waals surface area contributed by atoms with Crippen molar-refractivity contribution in [3.05, 3.63) is 0 Å². The molecule has 3 N–H and O–H groups in total. The summed E-state index contributed by atoms with van der Waals surface area (Å²) in [6.07, 6.45) is -0.778. The van der Waals surface area contributed by atoms with Gasteiger partial charge in [0.15, 0.2) is 0 Å². The van der Waals surface area contributed by atoms with Gasteiger partial charge >= 0.3 is 0 Å². The lowest BCUT2D eigenvalue weighted by Gasteiger charge is -2.11. The summed E-state index contributed by atoms with van der Waals surface area (Å²) in [4.78, 5) is 0. The zero-order valence-corrected chi connectivity index (χ0v) is 4.91. The largest absolute Gasteiger partial charge is 0.396 e. The lowest BCUT2D eigenvalue weighted by atomic mass is 10.1. The Balaban J connectivity index is 3.29. The summed E-state index contributed by atoms with van der Waals surface area (Å²) < 4.78 is 0. The summed E-state index contributed by atoms with van der Waals surface area (Å²) in [5.74, 6) is -0.222. The first-order chi connectivity index (χ1) is 3.72. The molecule has 0 radical (unpaired) electrons. The summed E-state index contributed by atoms with van der Waals surface area (Å²) in [6.45, 7) is 1.31. The molecule has 0 aliphatic heterocycles. The fourth-order valence-corrected chi connectivity index (χ4v) is 0.302. The van der Waals surface area contributed by atoms with Crippen LogP contribution in [0, 0.1) is 5.92 Å². The molecule has 0 aliphatic rings. The van der Waals surface area contributed by atoms with Crippen molar-refractivity contribution in [3.8, 4) is 0 Å². The monoisotopic (exact) mass is 120 g/mol. The fraction of sp³-hybridized carbons (Fsp3) is 1.00. The molecule has 0 aliphatic carbocycles. The quantitative estimate of drug-likeness (QED) is 0.446.